The van der Waals surface area contributed by atoms with E-state index in [1.807, 2.05) is 29.9 Å². The van der Waals surface area contributed by atoms with Crippen LogP contribution < -0.4 is 15.4 Å². The number of hydrogen-bond donors (Lipinski definition) is 2. The minimum atomic E-state index is 0.581. The first-order valence-corrected chi connectivity index (χ1v) is 10.9. The van der Waals surface area contributed by atoms with Gasteiger partial charge in [0, 0.05) is 26.7 Å². The second kappa shape index (κ2) is 10.7. The molecule has 0 spiro atoms. The molecular formula is C22H32ClN7O. The average molecular weight is 446 g/mol. The molecule has 0 radical (unpaired) electrons. The molecule has 0 saturated heterocycles. The first-order valence-electron chi connectivity index (χ1n) is 10.6. The standard InChI is InChI=1S/C22H32ClN7O/c1-6-7-17-20-21(30(4)28-17)22(27-19(26-20)14-24-10-11-29(2)3)25-13-15-8-9-18(31-5)16(23)12-15/h8-9,12,24H,6-7,10-11,13-14H2,1-5H3,(H,25,26,27). The summed E-state index contributed by atoms with van der Waals surface area (Å²) in [7, 11) is 7.67. The zero-order valence-electron chi connectivity index (χ0n) is 19.0. The lowest BCUT2D eigenvalue weighted by Crippen LogP contribution is -2.27. The van der Waals surface area contributed by atoms with E-state index < -0.39 is 0 Å². The van der Waals surface area contributed by atoms with Crippen LogP contribution in [0.2, 0.25) is 5.02 Å². The highest BCUT2D eigenvalue weighted by molar-refractivity contribution is 6.32. The molecule has 2 heterocycles. The van der Waals surface area contributed by atoms with Crippen molar-refractivity contribution in [3.8, 4) is 5.75 Å². The fourth-order valence-electron chi connectivity index (χ4n) is 3.40. The van der Waals surface area contributed by atoms with E-state index in [1.54, 1.807) is 7.11 Å². The van der Waals surface area contributed by atoms with Gasteiger partial charge in [-0.2, -0.15) is 5.10 Å². The molecule has 0 unspecified atom stereocenters. The van der Waals surface area contributed by atoms with Crippen molar-refractivity contribution in [2.24, 2.45) is 7.05 Å². The molecule has 0 saturated carbocycles. The number of halogens is 1. The van der Waals surface area contributed by atoms with Gasteiger partial charge < -0.3 is 20.3 Å². The van der Waals surface area contributed by atoms with Crippen molar-refractivity contribution in [3.63, 3.8) is 0 Å². The van der Waals surface area contributed by atoms with Gasteiger partial charge in [0.05, 0.1) is 24.4 Å². The number of rotatable bonds is 11. The topological polar surface area (TPSA) is 80.1 Å². The summed E-state index contributed by atoms with van der Waals surface area (Å²) in [5, 5.41) is 12.2. The predicted octanol–water partition coefficient (Wildman–Crippen LogP) is 3.24. The average Bonchev–Trinajstić information content (AvgIpc) is 3.05. The highest BCUT2D eigenvalue weighted by Gasteiger charge is 2.17. The lowest BCUT2D eigenvalue weighted by molar-refractivity contribution is 0.399. The third-order valence-electron chi connectivity index (χ3n) is 4.98. The smallest absolute Gasteiger partial charge is 0.156 e. The first-order chi connectivity index (χ1) is 14.9. The number of nitrogens with zero attached hydrogens (tertiary/aromatic N) is 5. The molecule has 1 aromatic carbocycles. The highest BCUT2D eigenvalue weighted by atomic mass is 35.5. The number of methoxy groups -OCH3 is 1. The van der Waals surface area contributed by atoms with Gasteiger partial charge in [-0.25, -0.2) is 9.97 Å². The van der Waals surface area contributed by atoms with Gasteiger partial charge in [-0.3, -0.25) is 4.68 Å². The summed E-state index contributed by atoms with van der Waals surface area (Å²) < 4.78 is 7.11. The number of aryl methyl sites for hydroxylation is 2. The van der Waals surface area contributed by atoms with Gasteiger partial charge in [-0.05, 0) is 38.2 Å². The maximum Gasteiger partial charge on any atom is 0.156 e. The molecule has 3 aromatic rings. The van der Waals surface area contributed by atoms with E-state index in [-0.39, 0.29) is 0 Å². The lowest BCUT2D eigenvalue weighted by atomic mass is 10.2. The van der Waals surface area contributed by atoms with E-state index in [1.165, 1.54) is 0 Å². The van der Waals surface area contributed by atoms with Crippen molar-refractivity contribution >= 4 is 28.5 Å². The molecule has 3 rings (SSSR count). The summed E-state index contributed by atoms with van der Waals surface area (Å²) in [5.74, 6) is 2.20. The van der Waals surface area contributed by atoms with Gasteiger partial charge in [0.2, 0.25) is 0 Å². The fourth-order valence-corrected chi connectivity index (χ4v) is 3.68. The van der Waals surface area contributed by atoms with Crippen molar-refractivity contribution in [1.29, 1.82) is 0 Å². The van der Waals surface area contributed by atoms with Crippen LogP contribution in [0.3, 0.4) is 0 Å². The molecule has 9 heteroatoms. The fraction of sp³-hybridized carbons (Fsp3) is 0.500. The van der Waals surface area contributed by atoms with Crippen LogP contribution >= 0.6 is 11.6 Å². The zero-order chi connectivity index (χ0) is 22.4. The molecule has 0 aliphatic rings. The predicted molar refractivity (Wildman–Crippen MR) is 126 cm³/mol. The first kappa shape index (κ1) is 23.2. The van der Waals surface area contributed by atoms with E-state index in [9.17, 15) is 0 Å². The van der Waals surface area contributed by atoms with E-state index in [0.29, 0.717) is 23.9 Å². The van der Waals surface area contributed by atoms with Gasteiger partial charge in [0.15, 0.2) is 5.82 Å². The molecule has 168 valence electrons. The van der Waals surface area contributed by atoms with Gasteiger partial charge in [0.25, 0.3) is 0 Å². The Morgan fingerprint density at radius 3 is 2.68 bits per heavy atom. The molecule has 0 aliphatic carbocycles. The van der Waals surface area contributed by atoms with Gasteiger partial charge >= 0.3 is 0 Å². The molecule has 0 amide bonds. The molecule has 8 nitrogen and oxygen atoms in total. The van der Waals surface area contributed by atoms with Gasteiger partial charge in [-0.15, -0.1) is 0 Å². The van der Waals surface area contributed by atoms with Crippen molar-refractivity contribution < 1.29 is 4.74 Å². The number of anilines is 1. The number of aromatic nitrogens is 4. The van der Waals surface area contributed by atoms with Gasteiger partial charge in [0.1, 0.15) is 22.6 Å². The third-order valence-corrected chi connectivity index (χ3v) is 5.28. The maximum atomic E-state index is 6.28. The third kappa shape index (κ3) is 5.84. The number of ether oxygens (including phenoxy) is 1. The highest BCUT2D eigenvalue weighted by Crippen LogP contribution is 2.27. The molecule has 2 N–H and O–H groups in total. The number of likely N-dealkylation sites (N-methyl/N-ethyl adjacent to an activating group) is 1. The Hall–Kier alpha value is -2.42. The largest absolute Gasteiger partial charge is 0.495 e. The Balaban J connectivity index is 1.87. The molecular weight excluding hydrogens is 414 g/mol. The minimum Gasteiger partial charge on any atom is -0.495 e. The number of benzene rings is 1. The summed E-state index contributed by atoms with van der Waals surface area (Å²) in [6, 6.07) is 5.77. The second-order valence-electron chi connectivity index (χ2n) is 7.81. The summed E-state index contributed by atoms with van der Waals surface area (Å²) in [6.07, 6.45) is 1.90. The molecule has 0 fully saturated rings. The van der Waals surface area contributed by atoms with Crippen LogP contribution in [-0.2, 0) is 26.6 Å². The summed E-state index contributed by atoms with van der Waals surface area (Å²) in [5.41, 5.74) is 3.88. The summed E-state index contributed by atoms with van der Waals surface area (Å²) in [6.45, 7) is 5.17. The van der Waals surface area contributed by atoms with Crippen LogP contribution in [0, 0.1) is 0 Å². The second-order valence-corrected chi connectivity index (χ2v) is 8.22. The van der Waals surface area contributed by atoms with Crippen LogP contribution in [0.4, 0.5) is 5.82 Å². The number of nitrogens with one attached hydrogen (secondary N) is 2. The quantitative estimate of drug-likeness (QED) is 0.438. The Morgan fingerprint density at radius 2 is 2.00 bits per heavy atom. The normalized spacial score (nSPS) is 11.5. The SMILES string of the molecule is CCCc1nn(C)c2c(NCc3ccc(OC)c(Cl)c3)nc(CNCCN(C)C)nc12. The van der Waals surface area contributed by atoms with Crippen LogP contribution in [0.5, 0.6) is 5.75 Å². The molecule has 31 heavy (non-hydrogen) atoms. The zero-order valence-corrected chi connectivity index (χ0v) is 19.8. The summed E-state index contributed by atoms with van der Waals surface area (Å²) >= 11 is 6.28. The van der Waals surface area contributed by atoms with E-state index in [0.717, 1.165) is 59.9 Å². The minimum absolute atomic E-state index is 0.581. The Kier molecular flexibility index (Phi) is 8.06. The molecule has 2 aromatic heterocycles. The van der Waals surface area contributed by atoms with E-state index >= 15 is 0 Å². The van der Waals surface area contributed by atoms with Crippen molar-refractivity contribution in [2.45, 2.75) is 32.9 Å². The Morgan fingerprint density at radius 1 is 1.19 bits per heavy atom. The Labute approximate surface area is 189 Å². The van der Waals surface area contributed by atoms with Crippen molar-refractivity contribution in [1.82, 2.24) is 30.0 Å². The van der Waals surface area contributed by atoms with Crippen LogP contribution in [-0.4, -0.2) is 58.9 Å². The monoisotopic (exact) mass is 445 g/mol. The van der Waals surface area contributed by atoms with Gasteiger partial charge in [-0.1, -0.05) is 31.0 Å². The van der Waals surface area contributed by atoms with Crippen LogP contribution in [0.1, 0.15) is 30.4 Å². The van der Waals surface area contributed by atoms with E-state index in [4.69, 9.17) is 31.4 Å². The molecule has 0 atom stereocenters. The Bertz CT molecular complexity index is 1020. The molecule has 0 bridgehead atoms. The van der Waals surface area contributed by atoms with E-state index in [2.05, 4.69) is 36.6 Å². The summed E-state index contributed by atoms with van der Waals surface area (Å²) in [4.78, 5) is 11.8. The van der Waals surface area contributed by atoms with Crippen LogP contribution in [0.15, 0.2) is 18.2 Å². The maximum absolute atomic E-state index is 6.28. The van der Waals surface area contributed by atoms with Crippen molar-refractivity contribution in [2.75, 3.05) is 39.6 Å². The lowest BCUT2D eigenvalue weighted by Gasteiger charge is -2.12. The molecule has 0 aliphatic heterocycles. The van der Waals surface area contributed by atoms with Crippen LogP contribution in [0.25, 0.3) is 11.0 Å². The van der Waals surface area contributed by atoms with Crippen molar-refractivity contribution in [3.05, 3.63) is 40.3 Å². The number of hydrogen-bond acceptors (Lipinski definition) is 7. The number of fused-ring (bicyclic) bond motifs is 1.